The van der Waals surface area contributed by atoms with Crippen LogP contribution >= 0.6 is 0 Å². The smallest absolute Gasteiger partial charge is 0.382 e. The third-order valence-corrected chi connectivity index (χ3v) is 1.45. The summed E-state index contributed by atoms with van der Waals surface area (Å²) >= 11 is 0. The minimum Gasteiger partial charge on any atom is -0.382 e. The molecule has 0 saturated carbocycles. The van der Waals surface area contributed by atoms with Crippen molar-refractivity contribution < 1.29 is 18.0 Å². The highest BCUT2D eigenvalue weighted by molar-refractivity contribution is 6.03. The van der Waals surface area contributed by atoms with Gasteiger partial charge in [0.05, 0.1) is 5.57 Å². The normalized spacial score (nSPS) is 12.6. The quantitative estimate of drug-likeness (QED) is 0.428. The molecule has 0 saturated heterocycles. The Morgan fingerprint density at radius 1 is 1.24 bits per heavy atom. The van der Waals surface area contributed by atoms with Gasteiger partial charge < -0.3 is 4.90 Å². The molecule has 7 heteroatoms. The summed E-state index contributed by atoms with van der Waals surface area (Å²) in [4.78, 5) is 12.2. The summed E-state index contributed by atoms with van der Waals surface area (Å²) in [6.07, 6.45) is -3.32. The molecular formula is C10H8F3N3O. The van der Waals surface area contributed by atoms with Gasteiger partial charge in [-0.25, -0.2) is 0 Å². The zero-order valence-corrected chi connectivity index (χ0v) is 9.04. The fraction of sp³-hybridized carbons (Fsp3) is 0.300. The van der Waals surface area contributed by atoms with Gasteiger partial charge >= 0.3 is 6.18 Å². The van der Waals surface area contributed by atoms with Crippen LogP contribution in [0.2, 0.25) is 0 Å². The molecule has 0 spiro atoms. The number of hydrogen-bond donors (Lipinski definition) is 0. The van der Waals surface area contributed by atoms with Gasteiger partial charge in [-0.3, -0.25) is 4.79 Å². The number of carbonyl (C=O) groups is 1. The van der Waals surface area contributed by atoms with Gasteiger partial charge in [-0.1, -0.05) is 0 Å². The third-order valence-electron chi connectivity index (χ3n) is 1.45. The summed E-state index contributed by atoms with van der Waals surface area (Å²) in [6.45, 7) is 0. The van der Waals surface area contributed by atoms with Crippen LogP contribution in [-0.2, 0) is 4.79 Å². The topological polar surface area (TPSA) is 67.9 Å². The Hall–Kier alpha value is -2.28. The van der Waals surface area contributed by atoms with E-state index in [1.165, 1.54) is 11.1 Å². The predicted molar refractivity (Wildman–Crippen MR) is 52.1 cm³/mol. The molecule has 90 valence electrons. The average molecular weight is 243 g/mol. The maximum Gasteiger partial charge on any atom is 0.455 e. The van der Waals surface area contributed by atoms with Crippen molar-refractivity contribution in [3.63, 3.8) is 0 Å². The van der Waals surface area contributed by atoms with Crippen molar-refractivity contribution in [1.29, 1.82) is 10.5 Å². The number of nitrogens with zero attached hydrogens (tertiary/aromatic N) is 3. The number of rotatable bonds is 3. The van der Waals surface area contributed by atoms with Crippen molar-refractivity contribution in [2.75, 3.05) is 14.1 Å². The van der Waals surface area contributed by atoms with Crippen LogP contribution in [0.25, 0.3) is 0 Å². The lowest BCUT2D eigenvalue weighted by Gasteiger charge is -2.05. The first-order chi connectivity index (χ1) is 7.72. The average Bonchev–Trinajstić information content (AvgIpc) is 2.21. The Morgan fingerprint density at radius 3 is 2.06 bits per heavy atom. The first-order valence-corrected chi connectivity index (χ1v) is 4.24. The molecule has 0 amide bonds. The van der Waals surface area contributed by atoms with E-state index in [-0.39, 0.29) is 5.57 Å². The third kappa shape index (κ3) is 4.85. The van der Waals surface area contributed by atoms with Crippen molar-refractivity contribution in [3.8, 4) is 12.1 Å². The van der Waals surface area contributed by atoms with Crippen LogP contribution in [-0.4, -0.2) is 31.0 Å². The fourth-order valence-electron chi connectivity index (χ4n) is 0.833. The van der Waals surface area contributed by atoms with Gasteiger partial charge in [-0.2, -0.15) is 23.7 Å². The maximum atomic E-state index is 12.0. The highest BCUT2D eigenvalue weighted by Gasteiger charge is 2.40. The molecule has 0 aliphatic rings. The molecule has 0 aromatic heterocycles. The van der Waals surface area contributed by atoms with Gasteiger partial charge in [-0.15, -0.1) is 0 Å². The lowest BCUT2D eigenvalue weighted by Crippen LogP contribution is -2.24. The number of hydrogen-bond acceptors (Lipinski definition) is 4. The second kappa shape index (κ2) is 5.71. The van der Waals surface area contributed by atoms with Crippen molar-refractivity contribution in [2.45, 2.75) is 6.18 Å². The number of allylic oxidation sites excluding steroid dienone is 3. The van der Waals surface area contributed by atoms with E-state index in [2.05, 4.69) is 0 Å². The molecule has 0 aromatic carbocycles. The fourth-order valence-corrected chi connectivity index (χ4v) is 0.833. The van der Waals surface area contributed by atoms with E-state index in [0.29, 0.717) is 6.08 Å². The van der Waals surface area contributed by atoms with Crippen LogP contribution in [0, 0.1) is 22.7 Å². The Balaban J connectivity index is 5.37. The summed E-state index contributed by atoms with van der Waals surface area (Å²) in [7, 11) is 3.09. The van der Waals surface area contributed by atoms with E-state index >= 15 is 0 Å². The Morgan fingerprint density at radius 2 is 1.76 bits per heavy atom. The van der Waals surface area contributed by atoms with E-state index in [9.17, 15) is 18.0 Å². The van der Waals surface area contributed by atoms with E-state index in [0.717, 1.165) is 6.07 Å². The van der Waals surface area contributed by atoms with Gasteiger partial charge in [0, 0.05) is 20.3 Å². The molecule has 0 aliphatic carbocycles. The summed E-state index contributed by atoms with van der Waals surface area (Å²) < 4.78 is 36.1. The minimum absolute atomic E-state index is 0.218. The van der Waals surface area contributed by atoms with Gasteiger partial charge in [0.25, 0.3) is 5.78 Å². The van der Waals surface area contributed by atoms with Gasteiger partial charge in [-0.05, 0) is 6.08 Å². The highest BCUT2D eigenvalue weighted by Crippen LogP contribution is 2.21. The molecule has 0 fully saturated rings. The maximum absolute atomic E-state index is 12.0. The molecule has 0 rings (SSSR count). The molecular weight excluding hydrogens is 235 g/mol. The van der Waals surface area contributed by atoms with Crippen LogP contribution in [0.1, 0.15) is 0 Å². The van der Waals surface area contributed by atoms with E-state index in [1.54, 1.807) is 20.2 Å². The van der Waals surface area contributed by atoms with Gasteiger partial charge in [0.1, 0.15) is 17.7 Å². The van der Waals surface area contributed by atoms with Gasteiger partial charge in [0.15, 0.2) is 0 Å². The van der Waals surface area contributed by atoms with E-state index < -0.39 is 17.5 Å². The largest absolute Gasteiger partial charge is 0.455 e. The van der Waals surface area contributed by atoms with Crippen molar-refractivity contribution >= 4 is 5.78 Å². The van der Waals surface area contributed by atoms with Crippen LogP contribution in [0.5, 0.6) is 0 Å². The number of alkyl halides is 3. The van der Waals surface area contributed by atoms with Crippen LogP contribution in [0.3, 0.4) is 0 Å². The lowest BCUT2D eigenvalue weighted by molar-refractivity contribution is -0.166. The van der Waals surface area contributed by atoms with Crippen molar-refractivity contribution in [2.24, 2.45) is 0 Å². The minimum atomic E-state index is -5.12. The number of Topliss-reactive ketones (excluding diaryl/α,β-unsaturated/α-hetero) is 1. The van der Waals surface area contributed by atoms with Crippen molar-refractivity contribution in [1.82, 2.24) is 4.90 Å². The molecule has 0 aliphatic heterocycles. The number of carbonyl (C=O) groups excluding carboxylic acids is 1. The molecule has 0 radical (unpaired) electrons. The molecule has 0 unspecified atom stereocenters. The van der Waals surface area contributed by atoms with Crippen molar-refractivity contribution in [3.05, 3.63) is 23.4 Å². The molecule has 17 heavy (non-hydrogen) atoms. The van der Waals surface area contributed by atoms with Crippen LogP contribution in [0.4, 0.5) is 13.2 Å². The van der Waals surface area contributed by atoms with E-state index in [1.807, 2.05) is 0 Å². The zero-order valence-electron chi connectivity index (χ0n) is 9.04. The standard InChI is InChI=1S/C10H8F3N3O/c1-16(2)6-7(4-14)3-8(5-15)9(17)10(11,12)13/h3,6H,1-2H3/b7-6-,8-3+. The molecule has 0 heterocycles. The van der Waals surface area contributed by atoms with Crippen LogP contribution < -0.4 is 0 Å². The molecule has 4 nitrogen and oxygen atoms in total. The Kier molecular flexibility index (Phi) is 4.94. The summed E-state index contributed by atoms with van der Waals surface area (Å²) in [5, 5.41) is 17.1. The SMILES string of the molecule is CN(C)/C=C(C#N)/C=C(\C#N)C(=O)C(F)(F)F. The number of nitriles is 2. The van der Waals surface area contributed by atoms with E-state index in [4.69, 9.17) is 10.5 Å². The second-order valence-electron chi connectivity index (χ2n) is 3.16. The molecule has 0 aromatic rings. The number of halogens is 3. The molecule has 0 N–H and O–H groups in total. The first kappa shape index (κ1) is 14.7. The first-order valence-electron chi connectivity index (χ1n) is 4.24. The lowest BCUT2D eigenvalue weighted by atomic mass is 10.1. The monoisotopic (exact) mass is 243 g/mol. The predicted octanol–water partition coefficient (Wildman–Crippen LogP) is 1.54. The summed E-state index contributed by atoms with van der Waals surface area (Å²) in [5.41, 5.74) is -1.34. The summed E-state index contributed by atoms with van der Waals surface area (Å²) in [6, 6.07) is 2.70. The molecule has 0 bridgehead atoms. The van der Waals surface area contributed by atoms with Crippen LogP contribution in [0.15, 0.2) is 23.4 Å². The summed E-state index contributed by atoms with van der Waals surface area (Å²) in [5.74, 6) is -2.26. The Bertz CT molecular complexity index is 447. The highest BCUT2D eigenvalue weighted by atomic mass is 19.4. The molecule has 0 atom stereocenters. The Labute approximate surface area is 95.8 Å². The van der Waals surface area contributed by atoms with Gasteiger partial charge in [0.2, 0.25) is 0 Å². The number of ketones is 1. The second-order valence-corrected chi connectivity index (χ2v) is 3.16. The zero-order chi connectivity index (χ0) is 13.6.